The molecular formula is C25H28N4O4. The molecule has 4 amide bonds. The number of amides is 4. The van der Waals surface area contributed by atoms with Crippen molar-refractivity contribution in [2.75, 3.05) is 12.4 Å². The lowest BCUT2D eigenvalue weighted by atomic mass is 10.1. The monoisotopic (exact) mass is 448 g/mol. The normalized spacial score (nSPS) is 15.9. The Kier molecular flexibility index (Phi) is 6.35. The predicted octanol–water partition coefficient (Wildman–Crippen LogP) is 3.76. The summed E-state index contributed by atoms with van der Waals surface area (Å²) in [5.74, 6) is 0.483. The maximum Gasteiger partial charge on any atom is 0.325 e. The highest BCUT2D eigenvalue weighted by atomic mass is 16.5. The summed E-state index contributed by atoms with van der Waals surface area (Å²) in [6.07, 6.45) is 1.91. The van der Waals surface area contributed by atoms with Crippen LogP contribution in [0, 0.1) is 5.92 Å². The molecule has 2 N–H and O–H groups in total. The molecule has 4 rings (SSSR count). The molecule has 0 saturated carbocycles. The van der Waals surface area contributed by atoms with Crippen molar-refractivity contribution in [3.63, 3.8) is 0 Å². The first-order valence-electron chi connectivity index (χ1n) is 11.0. The number of methoxy groups -OCH3 is 1. The topological polar surface area (TPSA) is 92.7 Å². The molecule has 3 aromatic rings. The van der Waals surface area contributed by atoms with Gasteiger partial charge in [0.25, 0.3) is 5.91 Å². The van der Waals surface area contributed by atoms with Gasteiger partial charge in [-0.05, 0) is 47.9 Å². The first kappa shape index (κ1) is 22.4. The van der Waals surface area contributed by atoms with E-state index in [0.717, 1.165) is 27.9 Å². The van der Waals surface area contributed by atoms with E-state index in [4.69, 9.17) is 4.74 Å². The number of rotatable bonds is 8. The summed E-state index contributed by atoms with van der Waals surface area (Å²) < 4.78 is 7.32. The van der Waals surface area contributed by atoms with Crippen molar-refractivity contribution in [2.45, 2.75) is 39.4 Å². The first-order chi connectivity index (χ1) is 15.8. The van der Waals surface area contributed by atoms with Crippen molar-refractivity contribution in [3.05, 3.63) is 60.3 Å². The van der Waals surface area contributed by atoms with Gasteiger partial charge >= 0.3 is 6.03 Å². The molecule has 1 saturated heterocycles. The van der Waals surface area contributed by atoms with Crippen LogP contribution in [0.5, 0.6) is 5.75 Å². The van der Waals surface area contributed by atoms with E-state index in [2.05, 4.69) is 29.0 Å². The first-order valence-corrected chi connectivity index (χ1v) is 11.0. The van der Waals surface area contributed by atoms with Crippen LogP contribution in [0.25, 0.3) is 10.9 Å². The van der Waals surface area contributed by atoms with Crippen molar-refractivity contribution < 1.29 is 19.1 Å². The predicted molar refractivity (Wildman–Crippen MR) is 126 cm³/mol. The fraction of sp³-hybridized carbons (Fsp3) is 0.320. The van der Waals surface area contributed by atoms with Gasteiger partial charge in [-0.2, -0.15) is 0 Å². The molecule has 2 aromatic carbocycles. The van der Waals surface area contributed by atoms with Gasteiger partial charge < -0.3 is 19.9 Å². The maximum atomic E-state index is 12.7. The zero-order valence-corrected chi connectivity index (χ0v) is 19.0. The average Bonchev–Trinajstić information content (AvgIpc) is 3.29. The smallest absolute Gasteiger partial charge is 0.325 e. The van der Waals surface area contributed by atoms with Crippen molar-refractivity contribution >= 4 is 34.4 Å². The van der Waals surface area contributed by atoms with Gasteiger partial charge in [0.2, 0.25) is 5.91 Å². The SMILES string of the molecule is COc1ccc(CN2C(=O)N[C@H](CC(=O)Nc3ccc4c(ccn4CC(C)C)c3)C2=O)cc1. The van der Waals surface area contributed by atoms with Gasteiger partial charge in [-0.15, -0.1) is 0 Å². The number of ether oxygens (including phenoxy) is 1. The van der Waals surface area contributed by atoms with E-state index in [1.165, 1.54) is 0 Å². The van der Waals surface area contributed by atoms with E-state index in [1.54, 1.807) is 31.4 Å². The lowest BCUT2D eigenvalue weighted by molar-refractivity contribution is -0.130. The number of hydrogen-bond donors (Lipinski definition) is 2. The van der Waals surface area contributed by atoms with E-state index in [9.17, 15) is 14.4 Å². The summed E-state index contributed by atoms with van der Waals surface area (Å²) in [5, 5.41) is 6.48. The third-order valence-corrected chi connectivity index (χ3v) is 5.61. The fourth-order valence-corrected chi connectivity index (χ4v) is 4.01. The van der Waals surface area contributed by atoms with E-state index in [-0.39, 0.29) is 18.9 Å². The number of urea groups is 1. The molecule has 1 atom stereocenters. The summed E-state index contributed by atoms with van der Waals surface area (Å²) in [4.78, 5) is 38.8. The number of fused-ring (bicyclic) bond motifs is 1. The van der Waals surface area contributed by atoms with E-state index in [1.807, 2.05) is 30.5 Å². The van der Waals surface area contributed by atoms with E-state index >= 15 is 0 Å². The van der Waals surface area contributed by atoms with Crippen LogP contribution in [0.3, 0.4) is 0 Å². The van der Waals surface area contributed by atoms with Gasteiger partial charge in [0, 0.05) is 29.3 Å². The van der Waals surface area contributed by atoms with Gasteiger partial charge in [0.15, 0.2) is 0 Å². The number of benzene rings is 2. The largest absolute Gasteiger partial charge is 0.497 e. The molecule has 1 aliphatic rings. The molecule has 0 bridgehead atoms. The molecule has 1 fully saturated rings. The zero-order chi connectivity index (χ0) is 23.5. The number of anilines is 1. The van der Waals surface area contributed by atoms with Gasteiger partial charge in [-0.3, -0.25) is 14.5 Å². The lowest BCUT2D eigenvalue weighted by Gasteiger charge is -2.13. The van der Waals surface area contributed by atoms with Gasteiger partial charge in [0.1, 0.15) is 11.8 Å². The highest BCUT2D eigenvalue weighted by molar-refractivity contribution is 6.07. The minimum absolute atomic E-state index is 0.129. The Morgan fingerprint density at radius 3 is 2.58 bits per heavy atom. The fourth-order valence-electron chi connectivity index (χ4n) is 4.01. The minimum atomic E-state index is -0.883. The van der Waals surface area contributed by atoms with Gasteiger partial charge in [-0.25, -0.2) is 4.79 Å². The Labute approximate surface area is 192 Å². The summed E-state index contributed by atoms with van der Waals surface area (Å²) >= 11 is 0. The molecule has 8 nitrogen and oxygen atoms in total. The third kappa shape index (κ3) is 5.00. The van der Waals surface area contributed by atoms with E-state index < -0.39 is 18.0 Å². The van der Waals surface area contributed by atoms with Gasteiger partial charge in [-0.1, -0.05) is 26.0 Å². The molecule has 0 unspecified atom stereocenters. The molecule has 0 aliphatic carbocycles. The number of hydrogen-bond acceptors (Lipinski definition) is 4. The number of imide groups is 1. The molecule has 1 aliphatic heterocycles. The molecule has 33 heavy (non-hydrogen) atoms. The molecule has 1 aromatic heterocycles. The molecule has 0 radical (unpaired) electrons. The Morgan fingerprint density at radius 1 is 1.12 bits per heavy atom. The molecule has 8 heteroatoms. The summed E-state index contributed by atoms with van der Waals surface area (Å²) in [6, 6.07) is 13.5. The van der Waals surface area contributed by atoms with Crippen molar-refractivity contribution in [2.24, 2.45) is 5.92 Å². The van der Waals surface area contributed by atoms with Crippen LogP contribution < -0.4 is 15.4 Å². The van der Waals surface area contributed by atoms with Crippen LogP contribution in [0.2, 0.25) is 0 Å². The van der Waals surface area contributed by atoms with Crippen LogP contribution in [-0.4, -0.2) is 40.5 Å². The Hall–Kier alpha value is -3.81. The van der Waals surface area contributed by atoms with Crippen molar-refractivity contribution in [1.29, 1.82) is 0 Å². The minimum Gasteiger partial charge on any atom is -0.497 e. The van der Waals surface area contributed by atoms with Crippen molar-refractivity contribution in [1.82, 2.24) is 14.8 Å². The van der Waals surface area contributed by atoms with Crippen LogP contribution in [-0.2, 0) is 22.7 Å². The second kappa shape index (κ2) is 9.36. The second-order valence-electron chi connectivity index (χ2n) is 8.66. The van der Waals surface area contributed by atoms with Crippen LogP contribution in [0.15, 0.2) is 54.7 Å². The Bertz CT molecular complexity index is 1180. The lowest BCUT2D eigenvalue weighted by Crippen LogP contribution is -2.34. The Morgan fingerprint density at radius 2 is 1.88 bits per heavy atom. The van der Waals surface area contributed by atoms with Crippen LogP contribution in [0.4, 0.5) is 10.5 Å². The summed E-state index contributed by atoms with van der Waals surface area (Å²) in [6.45, 7) is 5.39. The molecule has 172 valence electrons. The summed E-state index contributed by atoms with van der Waals surface area (Å²) in [5.41, 5.74) is 2.55. The second-order valence-corrected chi connectivity index (χ2v) is 8.66. The summed E-state index contributed by atoms with van der Waals surface area (Å²) in [7, 11) is 1.57. The van der Waals surface area contributed by atoms with Crippen LogP contribution in [0.1, 0.15) is 25.8 Å². The highest BCUT2D eigenvalue weighted by Crippen LogP contribution is 2.22. The molecule has 0 spiro atoms. The number of nitrogens with one attached hydrogen (secondary N) is 2. The van der Waals surface area contributed by atoms with E-state index in [0.29, 0.717) is 17.4 Å². The molecular weight excluding hydrogens is 420 g/mol. The Balaban J connectivity index is 1.37. The number of carbonyl (C=O) groups is 3. The molecule has 2 heterocycles. The zero-order valence-electron chi connectivity index (χ0n) is 19.0. The van der Waals surface area contributed by atoms with Crippen LogP contribution >= 0.6 is 0 Å². The maximum absolute atomic E-state index is 12.7. The van der Waals surface area contributed by atoms with Crippen molar-refractivity contribution in [3.8, 4) is 5.75 Å². The average molecular weight is 449 g/mol. The quantitative estimate of drug-likeness (QED) is 0.513. The van der Waals surface area contributed by atoms with Gasteiger partial charge in [0.05, 0.1) is 20.1 Å². The highest BCUT2D eigenvalue weighted by Gasteiger charge is 2.39. The third-order valence-electron chi connectivity index (χ3n) is 5.61. The number of carbonyl (C=O) groups excluding carboxylic acids is 3. The number of nitrogens with zero attached hydrogens (tertiary/aromatic N) is 2. The number of aromatic nitrogens is 1. The standard InChI is InChI=1S/C25H28N4O4/c1-16(2)14-28-11-10-18-12-19(6-9-22(18)28)26-23(30)13-21-24(31)29(25(32)27-21)15-17-4-7-20(33-3)8-5-17/h4-12,16,21H,13-15H2,1-3H3,(H,26,30)(H,27,32)/t21-/m1/s1.